The maximum Gasteiger partial charge on any atom is 0.272 e. The average molecular weight is 154 g/mol. The highest BCUT2D eigenvalue weighted by molar-refractivity contribution is 7.08. The maximum absolute atomic E-state index is 10.9. The van der Waals surface area contributed by atoms with Gasteiger partial charge in [0.15, 0.2) is 0 Å². The Hall–Kier alpha value is -1.16. The minimum absolute atomic E-state index is 0.212. The SMILES string of the molecule is C=NNC(=O)c1ccsc1. The molecule has 0 atom stereocenters. The van der Waals surface area contributed by atoms with Crippen LogP contribution in [0, 0.1) is 0 Å². The van der Waals surface area contributed by atoms with E-state index in [2.05, 4.69) is 17.2 Å². The molecule has 1 N–H and O–H groups in total. The molecular formula is C6H6N2OS. The van der Waals surface area contributed by atoms with Gasteiger partial charge in [-0.2, -0.15) is 16.4 Å². The van der Waals surface area contributed by atoms with Crippen molar-refractivity contribution in [2.24, 2.45) is 5.10 Å². The van der Waals surface area contributed by atoms with Crippen LogP contribution in [0.1, 0.15) is 10.4 Å². The second kappa shape index (κ2) is 3.12. The van der Waals surface area contributed by atoms with E-state index in [0.29, 0.717) is 5.56 Å². The average Bonchev–Trinajstić information content (AvgIpc) is 2.38. The van der Waals surface area contributed by atoms with Gasteiger partial charge in [-0.25, -0.2) is 5.43 Å². The summed E-state index contributed by atoms with van der Waals surface area (Å²) < 4.78 is 0. The van der Waals surface area contributed by atoms with Gasteiger partial charge in [0.1, 0.15) is 0 Å². The normalized spacial score (nSPS) is 8.80. The van der Waals surface area contributed by atoms with Crippen molar-refractivity contribution in [3.63, 3.8) is 0 Å². The number of thiophene rings is 1. The summed E-state index contributed by atoms with van der Waals surface area (Å²) >= 11 is 1.47. The molecule has 0 fully saturated rings. The Kier molecular flexibility index (Phi) is 2.17. The lowest BCUT2D eigenvalue weighted by Crippen LogP contribution is -2.15. The number of nitrogens with zero attached hydrogens (tertiary/aromatic N) is 1. The summed E-state index contributed by atoms with van der Waals surface area (Å²) in [6.45, 7) is 3.13. The Morgan fingerprint density at radius 2 is 2.60 bits per heavy atom. The van der Waals surface area contributed by atoms with Gasteiger partial charge in [0.05, 0.1) is 5.56 Å². The molecule has 0 aliphatic rings. The predicted molar refractivity (Wildman–Crippen MR) is 41.3 cm³/mol. The lowest BCUT2D eigenvalue weighted by atomic mass is 10.3. The number of carbonyl (C=O) groups is 1. The molecule has 1 aromatic rings. The quantitative estimate of drug-likeness (QED) is 0.503. The van der Waals surface area contributed by atoms with Crippen LogP contribution in [0.2, 0.25) is 0 Å². The maximum atomic E-state index is 10.9. The lowest BCUT2D eigenvalue weighted by molar-refractivity contribution is 0.0956. The zero-order chi connectivity index (χ0) is 7.40. The van der Waals surface area contributed by atoms with E-state index in [0.717, 1.165) is 0 Å². The molecule has 0 aromatic carbocycles. The van der Waals surface area contributed by atoms with Gasteiger partial charge in [-0.1, -0.05) is 0 Å². The van der Waals surface area contributed by atoms with E-state index in [4.69, 9.17) is 0 Å². The molecule has 0 aliphatic carbocycles. The molecule has 0 saturated heterocycles. The van der Waals surface area contributed by atoms with Gasteiger partial charge in [0.25, 0.3) is 5.91 Å². The van der Waals surface area contributed by atoms with Crippen molar-refractivity contribution in [2.75, 3.05) is 0 Å². The summed E-state index contributed by atoms with van der Waals surface area (Å²) in [5, 5.41) is 6.83. The van der Waals surface area contributed by atoms with Gasteiger partial charge in [0.2, 0.25) is 0 Å². The predicted octanol–water partition coefficient (Wildman–Crippen LogP) is 1.09. The fraction of sp³-hybridized carbons (Fsp3) is 0. The molecule has 0 radical (unpaired) electrons. The Bertz CT molecular complexity index is 230. The van der Waals surface area contributed by atoms with Crippen LogP contribution in [0.15, 0.2) is 21.9 Å². The van der Waals surface area contributed by atoms with Crippen LogP contribution in [0.3, 0.4) is 0 Å². The molecule has 0 unspecified atom stereocenters. The summed E-state index contributed by atoms with van der Waals surface area (Å²) in [6.07, 6.45) is 0. The molecule has 0 aliphatic heterocycles. The highest BCUT2D eigenvalue weighted by Gasteiger charge is 2.01. The number of hydrazone groups is 1. The van der Waals surface area contributed by atoms with Crippen molar-refractivity contribution in [1.29, 1.82) is 0 Å². The third kappa shape index (κ3) is 1.41. The van der Waals surface area contributed by atoms with Crippen molar-refractivity contribution in [2.45, 2.75) is 0 Å². The summed E-state index contributed by atoms with van der Waals surface area (Å²) in [5.41, 5.74) is 2.85. The van der Waals surface area contributed by atoms with Crippen LogP contribution in [-0.2, 0) is 0 Å². The number of hydrogen-bond acceptors (Lipinski definition) is 3. The zero-order valence-electron chi connectivity index (χ0n) is 5.20. The van der Waals surface area contributed by atoms with Crippen LogP contribution >= 0.6 is 11.3 Å². The molecule has 1 amide bonds. The molecule has 1 rings (SSSR count). The third-order valence-electron chi connectivity index (χ3n) is 0.964. The summed E-state index contributed by atoms with van der Waals surface area (Å²) in [6, 6.07) is 1.73. The van der Waals surface area contributed by atoms with E-state index in [1.807, 2.05) is 5.38 Å². The van der Waals surface area contributed by atoms with E-state index in [1.54, 1.807) is 11.4 Å². The number of amides is 1. The van der Waals surface area contributed by atoms with Gasteiger partial charge in [-0.05, 0) is 11.4 Å². The Labute approximate surface area is 62.4 Å². The Balaban J connectivity index is 2.68. The molecule has 1 aromatic heterocycles. The van der Waals surface area contributed by atoms with Crippen molar-refractivity contribution >= 4 is 24.0 Å². The number of rotatable bonds is 2. The first kappa shape index (κ1) is 6.95. The second-order valence-electron chi connectivity index (χ2n) is 1.61. The molecule has 10 heavy (non-hydrogen) atoms. The molecular weight excluding hydrogens is 148 g/mol. The van der Waals surface area contributed by atoms with E-state index in [-0.39, 0.29) is 5.91 Å². The first-order chi connectivity index (χ1) is 4.84. The molecule has 3 nitrogen and oxygen atoms in total. The molecule has 1 heterocycles. The largest absolute Gasteiger partial charge is 0.272 e. The van der Waals surface area contributed by atoms with Crippen LogP contribution in [0.4, 0.5) is 0 Å². The minimum atomic E-state index is -0.212. The fourth-order valence-corrected chi connectivity index (χ4v) is 1.17. The molecule has 0 saturated carbocycles. The monoisotopic (exact) mass is 154 g/mol. The van der Waals surface area contributed by atoms with Gasteiger partial charge in [0, 0.05) is 12.1 Å². The number of nitrogens with one attached hydrogen (secondary N) is 1. The van der Waals surface area contributed by atoms with Crippen molar-refractivity contribution in [1.82, 2.24) is 5.43 Å². The lowest BCUT2D eigenvalue weighted by Gasteiger charge is -1.91. The topological polar surface area (TPSA) is 41.5 Å². The first-order valence-electron chi connectivity index (χ1n) is 2.63. The van der Waals surface area contributed by atoms with Crippen molar-refractivity contribution in [3.05, 3.63) is 22.4 Å². The Morgan fingerprint density at radius 1 is 1.80 bits per heavy atom. The van der Waals surface area contributed by atoms with Crippen molar-refractivity contribution in [3.8, 4) is 0 Å². The summed E-state index contributed by atoms with van der Waals surface area (Å²) in [4.78, 5) is 10.9. The standard InChI is InChI=1S/C6H6N2OS/c1-7-8-6(9)5-2-3-10-4-5/h2-4H,1H2,(H,8,9). The van der Waals surface area contributed by atoms with Crippen molar-refractivity contribution < 1.29 is 4.79 Å². The molecule has 0 bridgehead atoms. The summed E-state index contributed by atoms with van der Waals surface area (Å²) in [7, 11) is 0. The van der Waals surface area contributed by atoms with E-state index >= 15 is 0 Å². The molecule has 4 heteroatoms. The Morgan fingerprint density at radius 3 is 3.10 bits per heavy atom. The van der Waals surface area contributed by atoms with Gasteiger partial charge in [-0.15, -0.1) is 0 Å². The van der Waals surface area contributed by atoms with Gasteiger partial charge < -0.3 is 0 Å². The third-order valence-corrected chi connectivity index (χ3v) is 1.65. The highest BCUT2D eigenvalue weighted by Crippen LogP contribution is 2.04. The number of carbonyl (C=O) groups excluding carboxylic acids is 1. The zero-order valence-corrected chi connectivity index (χ0v) is 6.02. The fourth-order valence-electron chi connectivity index (χ4n) is 0.530. The molecule has 0 spiro atoms. The van der Waals surface area contributed by atoms with E-state index in [9.17, 15) is 4.79 Å². The smallest absolute Gasteiger partial charge is 0.267 e. The van der Waals surface area contributed by atoms with E-state index in [1.165, 1.54) is 11.3 Å². The minimum Gasteiger partial charge on any atom is -0.267 e. The number of hydrogen-bond donors (Lipinski definition) is 1. The second-order valence-corrected chi connectivity index (χ2v) is 2.39. The van der Waals surface area contributed by atoms with Crippen LogP contribution in [0.5, 0.6) is 0 Å². The summed E-state index contributed by atoms with van der Waals surface area (Å²) in [5.74, 6) is -0.212. The van der Waals surface area contributed by atoms with Crippen LogP contribution in [-0.4, -0.2) is 12.6 Å². The first-order valence-corrected chi connectivity index (χ1v) is 3.57. The van der Waals surface area contributed by atoms with Gasteiger partial charge >= 0.3 is 0 Å². The van der Waals surface area contributed by atoms with Crippen LogP contribution < -0.4 is 5.43 Å². The van der Waals surface area contributed by atoms with E-state index < -0.39 is 0 Å². The molecule has 52 valence electrons. The van der Waals surface area contributed by atoms with Crippen LogP contribution in [0.25, 0.3) is 0 Å². The van der Waals surface area contributed by atoms with Gasteiger partial charge in [-0.3, -0.25) is 4.79 Å². The highest BCUT2D eigenvalue weighted by atomic mass is 32.1.